The van der Waals surface area contributed by atoms with Crippen LogP contribution in [-0.2, 0) is 11.3 Å². The quantitative estimate of drug-likeness (QED) is 0.905. The minimum absolute atomic E-state index is 0.216. The summed E-state index contributed by atoms with van der Waals surface area (Å²) in [5.41, 5.74) is 0.216. The van der Waals surface area contributed by atoms with Gasteiger partial charge >= 0.3 is 0 Å². The van der Waals surface area contributed by atoms with Gasteiger partial charge in [-0.1, -0.05) is 24.4 Å². The van der Waals surface area contributed by atoms with Gasteiger partial charge in [0.15, 0.2) is 5.82 Å². The highest BCUT2D eigenvalue weighted by Crippen LogP contribution is 2.41. The van der Waals surface area contributed by atoms with E-state index >= 15 is 0 Å². The van der Waals surface area contributed by atoms with E-state index < -0.39 is 0 Å². The maximum absolute atomic E-state index is 6.31. The van der Waals surface area contributed by atoms with Crippen LogP contribution in [-0.4, -0.2) is 28.4 Å². The van der Waals surface area contributed by atoms with Gasteiger partial charge in [-0.25, -0.2) is 0 Å². The van der Waals surface area contributed by atoms with Gasteiger partial charge in [0.2, 0.25) is 5.89 Å². The van der Waals surface area contributed by atoms with Crippen LogP contribution in [0.4, 0.5) is 0 Å². The fourth-order valence-corrected chi connectivity index (χ4v) is 3.36. The minimum Gasteiger partial charge on any atom is -0.370 e. The van der Waals surface area contributed by atoms with Crippen LogP contribution in [0.2, 0.25) is 0 Å². The van der Waals surface area contributed by atoms with Crippen molar-refractivity contribution in [1.82, 2.24) is 15.5 Å². The van der Waals surface area contributed by atoms with Crippen molar-refractivity contribution in [3.05, 3.63) is 11.7 Å². The molecule has 0 aromatic carbocycles. The van der Waals surface area contributed by atoms with Crippen molar-refractivity contribution in [2.75, 3.05) is 6.54 Å². The molecular formula is C14H23N3O2. The van der Waals surface area contributed by atoms with E-state index in [-0.39, 0.29) is 5.60 Å². The van der Waals surface area contributed by atoms with E-state index in [1.54, 1.807) is 0 Å². The summed E-state index contributed by atoms with van der Waals surface area (Å²) in [6.07, 6.45) is 9.33. The van der Waals surface area contributed by atoms with Crippen LogP contribution in [0.1, 0.15) is 56.7 Å². The molecule has 1 aliphatic heterocycles. The van der Waals surface area contributed by atoms with Crippen LogP contribution in [0.15, 0.2) is 4.52 Å². The summed E-state index contributed by atoms with van der Waals surface area (Å²) in [6, 6.07) is 0. The molecule has 1 aliphatic carbocycles. The van der Waals surface area contributed by atoms with Gasteiger partial charge in [0, 0.05) is 13.5 Å². The second-order valence-electron chi connectivity index (χ2n) is 5.88. The SMILES string of the molecule is Cc1nc(CNCC2CCC3(CCCCC3)O2)no1. The van der Waals surface area contributed by atoms with E-state index in [1.165, 1.54) is 44.9 Å². The van der Waals surface area contributed by atoms with Crippen molar-refractivity contribution >= 4 is 0 Å². The molecule has 5 heteroatoms. The van der Waals surface area contributed by atoms with Crippen molar-refractivity contribution in [3.63, 3.8) is 0 Å². The van der Waals surface area contributed by atoms with Crippen molar-refractivity contribution in [1.29, 1.82) is 0 Å². The zero-order valence-electron chi connectivity index (χ0n) is 11.7. The summed E-state index contributed by atoms with van der Waals surface area (Å²) >= 11 is 0. The smallest absolute Gasteiger partial charge is 0.223 e. The van der Waals surface area contributed by atoms with Crippen molar-refractivity contribution in [2.45, 2.75) is 70.1 Å². The van der Waals surface area contributed by atoms with Crippen molar-refractivity contribution in [3.8, 4) is 0 Å². The Morgan fingerprint density at radius 1 is 1.26 bits per heavy atom. The summed E-state index contributed by atoms with van der Waals surface area (Å²) in [4.78, 5) is 4.18. The molecule has 0 amide bonds. The van der Waals surface area contributed by atoms with Crippen LogP contribution in [0.25, 0.3) is 0 Å². The number of ether oxygens (including phenoxy) is 1. The molecule has 1 aromatic rings. The van der Waals surface area contributed by atoms with Crippen LogP contribution in [0.5, 0.6) is 0 Å². The summed E-state index contributed by atoms with van der Waals surface area (Å²) in [5, 5.41) is 7.24. The van der Waals surface area contributed by atoms with Crippen molar-refractivity contribution in [2.24, 2.45) is 0 Å². The largest absolute Gasteiger partial charge is 0.370 e. The number of hydrogen-bond donors (Lipinski definition) is 1. The summed E-state index contributed by atoms with van der Waals surface area (Å²) < 4.78 is 11.3. The third-order valence-corrected chi connectivity index (χ3v) is 4.33. The Kier molecular flexibility index (Phi) is 3.84. The first-order valence-corrected chi connectivity index (χ1v) is 7.44. The first kappa shape index (κ1) is 13.1. The Hall–Kier alpha value is -0.940. The zero-order chi connectivity index (χ0) is 13.1. The highest BCUT2D eigenvalue weighted by atomic mass is 16.5. The van der Waals surface area contributed by atoms with Crippen molar-refractivity contribution < 1.29 is 9.26 Å². The maximum atomic E-state index is 6.31. The molecule has 2 heterocycles. The number of nitrogens with zero attached hydrogens (tertiary/aromatic N) is 2. The molecule has 1 aromatic heterocycles. The van der Waals surface area contributed by atoms with E-state index in [9.17, 15) is 0 Å². The lowest BCUT2D eigenvalue weighted by Crippen LogP contribution is -2.34. The highest BCUT2D eigenvalue weighted by Gasteiger charge is 2.40. The van der Waals surface area contributed by atoms with Gasteiger partial charge in [-0.05, 0) is 25.7 Å². The molecule has 0 bridgehead atoms. The Bertz CT molecular complexity index is 413. The number of hydrogen-bond acceptors (Lipinski definition) is 5. The molecule has 2 fully saturated rings. The van der Waals surface area contributed by atoms with Crippen LogP contribution in [0.3, 0.4) is 0 Å². The average molecular weight is 265 g/mol. The van der Waals surface area contributed by atoms with Crippen LogP contribution >= 0.6 is 0 Å². The lowest BCUT2D eigenvalue weighted by atomic mass is 9.83. The summed E-state index contributed by atoms with van der Waals surface area (Å²) in [6.45, 7) is 3.35. The molecule has 0 radical (unpaired) electrons. The molecule has 19 heavy (non-hydrogen) atoms. The molecule has 1 saturated heterocycles. The Morgan fingerprint density at radius 2 is 2.11 bits per heavy atom. The van der Waals surface area contributed by atoms with Gasteiger partial charge in [-0.2, -0.15) is 4.98 Å². The first-order valence-electron chi connectivity index (χ1n) is 7.44. The molecular weight excluding hydrogens is 242 g/mol. The van der Waals surface area contributed by atoms with Gasteiger partial charge in [0.1, 0.15) is 0 Å². The van der Waals surface area contributed by atoms with Gasteiger partial charge in [0.05, 0.1) is 18.2 Å². The Balaban J connectivity index is 1.42. The maximum Gasteiger partial charge on any atom is 0.223 e. The highest BCUT2D eigenvalue weighted by molar-refractivity contribution is 4.92. The number of aromatic nitrogens is 2. The number of aryl methyl sites for hydroxylation is 1. The predicted octanol–water partition coefficient (Wildman–Crippen LogP) is 2.35. The molecule has 1 spiro atoms. The van der Waals surface area contributed by atoms with Gasteiger partial charge in [-0.15, -0.1) is 0 Å². The average Bonchev–Trinajstić information content (AvgIpc) is 2.99. The third-order valence-electron chi connectivity index (χ3n) is 4.33. The molecule has 5 nitrogen and oxygen atoms in total. The van der Waals surface area contributed by atoms with Crippen LogP contribution < -0.4 is 5.32 Å². The normalized spacial score (nSPS) is 26.1. The van der Waals surface area contributed by atoms with E-state index in [4.69, 9.17) is 9.26 Å². The van der Waals surface area contributed by atoms with E-state index in [2.05, 4.69) is 15.5 Å². The second kappa shape index (κ2) is 5.59. The summed E-state index contributed by atoms with van der Waals surface area (Å²) in [5.74, 6) is 1.35. The van der Waals surface area contributed by atoms with Gasteiger partial charge in [0.25, 0.3) is 0 Å². The molecule has 3 rings (SSSR count). The van der Waals surface area contributed by atoms with Gasteiger partial charge < -0.3 is 14.6 Å². The second-order valence-corrected chi connectivity index (χ2v) is 5.88. The lowest BCUT2D eigenvalue weighted by molar-refractivity contribution is -0.0624. The van der Waals surface area contributed by atoms with Gasteiger partial charge in [-0.3, -0.25) is 0 Å². The van der Waals surface area contributed by atoms with E-state index in [0.717, 1.165) is 12.4 Å². The molecule has 1 N–H and O–H groups in total. The molecule has 1 unspecified atom stereocenters. The fraction of sp³-hybridized carbons (Fsp3) is 0.857. The van der Waals surface area contributed by atoms with Crippen LogP contribution in [0, 0.1) is 6.92 Å². The third kappa shape index (κ3) is 3.15. The topological polar surface area (TPSA) is 60.2 Å². The van der Waals surface area contributed by atoms with E-state index in [1.807, 2.05) is 6.92 Å². The predicted molar refractivity (Wildman–Crippen MR) is 70.7 cm³/mol. The zero-order valence-corrected chi connectivity index (χ0v) is 11.7. The number of rotatable bonds is 4. The first-order chi connectivity index (χ1) is 9.26. The lowest BCUT2D eigenvalue weighted by Gasteiger charge is -2.33. The molecule has 1 atom stereocenters. The van der Waals surface area contributed by atoms with E-state index in [0.29, 0.717) is 18.5 Å². The number of nitrogens with one attached hydrogen (secondary N) is 1. The monoisotopic (exact) mass is 265 g/mol. The Morgan fingerprint density at radius 3 is 2.84 bits per heavy atom. The Labute approximate surface area is 114 Å². The standard InChI is InChI=1S/C14H23N3O2/c1-11-16-13(17-19-11)10-15-9-12-5-8-14(18-12)6-3-2-4-7-14/h12,15H,2-10H2,1H3. The molecule has 1 saturated carbocycles. The minimum atomic E-state index is 0.216. The fourth-order valence-electron chi connectivity index (χ4n) is 3.36. The molecule has 106 valence electrons. The molecule has 2 aliphatic rings. The summed E-state index contributed by atoms with van der Waals surface area (Å²) in [7, 11) is 0.